The highest BCUT2D eigenvalue weighted by atomic mass is 32.1. The Balaban J connectivity index is 1.13. The standard InChI is InChI=1S/C35H43N5O2S2/c1-19-10-20(2)12-23(11-19)31-29(21(3)14-38-33(42)24-16-40(17-24)18-28-36-8-9-43-28)25-13-27(44-34(25)39-31)35(4,5)32(41)30-22-6-7-26(30)37-15-22/h8-13,21-22,24,26,30,37,39H,6-7,14-18H2,1-5H3,(H,38,42)/t21-,22?,26?,30?/m1/s1. The monoisotopic (exact) mass is 629 g/mol. The number of hydrogen-bond acceptors (Lipinski definition) is 7. The second kappa shape index (κ2) is 11.5. The summed E-state index contributed by atoms with van der Waals surface area (Å²) in [5.41, 5.74) is 5.41. The van der Waals surface area contributed by atoms with E-state index in [0.29, 0.717) is 24.3 Å². The maximum atomic E-state index is 14.0. The fourth-order valence-electron chi connectivity index (χ4n) is 7.83. The molecule has 9 heteroatoms. The summed E-state index contributed by atoms with van der Waals surface area (Å²) in [6.07, 6.45) is 4.11. The molecule has 2 saturated heterocycles. The molecular formula is C35H43N5O2S2. The van der Waals surface area contributed by atoms with E-state index >= 15 is 0 Å². The summed E-state index contributed by atoms with van der Waals surface area (Å²) in [7, 11) is 0. The van der Waals surface area contributed by atoms with Gasteiger partial charge in [0.15, 0.2) is 0 Å². The van der Waals surface area contributed by atoms with Crippen molar-refractivity contribution in [3.8, 4) is 11.3 Å². The van der Waals surface area contributed by atoms with Gasteiger partial charge in [0, 0.05) is 59.4 Å². The number of amides is 1. The van der Waals surface area contributed by atoms with Gasteiger partial charge in [-0.25, -0.2) is 4.98 Å². The van der Waals surface area contributed by atoms with Crippen molar-refractivity contribution in [3.05, 3.63) is 62.4 Å². The van der Waals surface area contributed by atoms with Gasteiger partial charge in [-0.3, -0.25) is 14.5 Å². The Kier molecular flexibility index (Phi) is 7.80. The fourth-order valence-corrected chi connectivity index (χ4v) is 9.67. The minimum atomic E-state index is -0.550. The van der Waals surface area contributed by atoms with Gasteiger partial charge in [0.2, 0.25) is 5.91 Å². The highest BCUT2D eigenvalue weighted by Crippen LogP contribution is 2.46. The Hall–Kier alpha value is -2.85. The lowest BCUT2D eigenvalue weighted by atomic mass is 9.76. The zero-order chi connectivity index (χ0) is 30.7. The van der Waals surface area contributed by atoms with Crippen LogP contribution >= 0.6 is 22.7 Å². The highest BCUT2D eigenvalue weighted by Gasteiger charge is 2.50. The first kappa shape index (κ1) is 29.8. The number of aryl methyl sites for hydroxylation is 2. The summed E-state index contributed by atoms with van der Waals surface area (Å²) >= 11 is 3.38. The number of carbonyl (C=O) groups is 2. The number of aromatic nitrogens is 2. The van der Waals surface area contributed by atoms with Crippen LogP contribution in [0.4, 0.5) is 0 Å². The minimum Gasteiger partial charge on any atom is -0.355 e. The van der Waals surface area contributed by atoms with E-state index in [4.69, 9.17) is 0 Å². The Labute approximate surface area is 267 Å². The summed E-state index contributed by atoms with van der Waals surface area (Å²) in [5.74, 6) is 1.21. The number of nitrogens with one attached hydrogen (secondary N) is 3. The van der Waals surface area contributed by atoms with Crippen molar-refractivity contribution in [2.75, 3.05) is 26.2 Å². The van der Waals surface area contributed by atoms with Gasteiger partial charge in [0.05, 0.1) is 23.6 Å². The molecule has 4 aromatic rings. The van der Waals surface area contributed by atoms with Crippen LogP contribution in [0.1, 0.15) is 66.1 Å². The van der Waals surface area contributed by atoms with Gasteiger partial charge < -0.3 is 15.6 Å². The third-order valence-electron chi connectivity index (χ3n) is 10.3. The topological polar surface area (TPSA) is 90.1 Å². The summed E-state index contributed by atoms with van der Waals surface area (Å²) in [4.78, 5) is 39.8. The normalized spacial score (nSPS) is 22.9. The predicted octanol–water partition coefficient (Wildman–Crippen LogP) is 6.17. The van der Waals surface area contributed by atoms with E-state index in [1.807, 2.05) is 11.6 Å². The Morgan fingerprint density at radius 2 is 1.91 bits per heavy atom. The first-order valence-corrected chi connectivity index (χ1v) is 17.7. The first-order chi connectivity index (χ1) is 21.1. The van der Waals surface area contributed by atoms with Gasteiger partial charge in [-0.15, -0.1) is 22.7 Å². The average molecular weight is 630 g/mol. The summed E-state index contributed by atoms with van der Waals surface area (Å²) in [5, 5.41) is 11.1. The van der Waals surface area contributed by atoms with Crippen LogP contribution in [0.25, 0.3) is 21.5 Å². The van der Waals surface area contributed by atoms with Crippen molar-refractivity contribution in [2.24, 2.45) is 17.8 Å². The molecule has 232 valence electrons. The Morgan fingerprint density at radius 1 is 1.14 bits per heavy atom. The molecular weight excluding hydrogens is 587 g/mol. The van der Waals surface area contributed by atoms with Crippen LogP contribution in [-0.2, 0) is 21.5 Å². The molecule has 1 amide bonds. The molecule has 3 N–H and O–H groups in total. The molecule has 4 atom stereocenters. The van der Waals surface area contributed by atoms with Gasteiger partial charge >= 0.3 is 0 Å². The van der Waals surface area contributed by atoms with Crippen molar-refractivity contribution in [1.29, 1.82) is 0 Å². The maximum Gasteiger partial charge on any atom is 0.225 e. The van der Waals surface area contributed by atoms with Crippen LogP contribution in [0, 0.1) is 31.6 Å². The van der Waals surface area contributed by atoms with Crippen molar-refractivity contribution in [2.45, 2.75) is 71.4 Å². The molecule has 44 heavy (non-hydrogen) atoms. The molecule has 3 fully saturated rings. The second-order valence-corrected chi connectivity index (χ2v) is 16.0. The predicted molar refractivity (Wildman–Crippen MR) is 179 cm³/mol. The van der Waals surface area contributed by atoms with Crippen LogP contribution in [-0.4, -0.2) is 58.8 Å². The van der Waals surface area contributed by atoms with E-state index in [0.717, 1.165) is 59.4 Å². The second-order valence-electron chi connectivity index (χ2n) is 14.0. The van der Waals surface area contributed by atoms with Crippen molar-refractivity contribution in [3.63, 3.8) is 0 Å². The number of hydrogen-bond donors (Lipinski definition) is 3. The van der Waals surface area contributed by atoms with Crippen LogP contribution in [0.3, 0.4) is 0 Å². The first-order valence-electron chi connectivity index (χ1n) is 16.0. The minimum absolute atomic E-state index is 0.0206. The third-order valence-corrected chi connectivity index (χ3v) is 12.4. The molecule has 1 aliphatic carbocycles. The molecule has 5 heterocycles. The number of H-pyrrole nitrogens is 1. The number of thiophene rings is 1. The average Bonchev–Trinajstić information content (AvgIpc) is 3.79. The molecule has 7 rings (SSSR count). The van der Waals surface area contributed by atoms with E-state index in [1.165, 1.54) is 27.6 Å². The number of nitrogens with zero attached hydrogens (tertiary/aromatic N) is 2. The number of fused-ring (bicyclic) bond motifs is 3. The number of benzene rings is 1. The molecule has 3 unspecified atom stereocenters. The number of thiazole rings is 1. The number of piperidine rings is 1. The Morgan fingerprint density at radius 3 is 2.55 bits per heavy atom. The van der Waals surface area contributed by atoms with Crippen LogP contribution in [0.2, 0.25) is 0 Å². The van der Waals surface area contributed by atoms with Crippen molar-refractivity contribution in [1.82, 2.24) is 25.5 Å². The van der Waals surface area contributed by atoms with Gasteiger partial charge in [-0.1, -0.05) is 24.1 Å². The van der Waals surface area contributed by atoms with E-state index in [9.17, 15) is 9.59 Å². The highest BCUT2D eigenvalue weighted by molar-refractivity contribution is 7.19. The lowest BCUT2D eigenvalue weighted by Gasteiger charge is -2.37. The molecule has 1 aromatic carbocycles. The van der Waals surface area contributed by atoms with Gasteiger partial charge in [-0.05, 0) is 82.3 Å². The molecule has 2 bridgehead atoms. The molecule has 7 nitrogen and oxygen atoms in total. The smallest absolute Gasteiger partial charge is 0.225 e. The summed E-state index contributed by atoms with van der Waals surface area (Å²) in [6, 6.07) is 9.27. The van der Waals surface area contributed by atoms with E-state index in [1.54, 1.807) is 22.7 Å². The van der Waals surface area contributed by atoms with Crippen LogP contribution < -0.4 is 10.6 Å². The maximum absolute atomic E-state index is 14.0. The Bertz CT molecular complexity index is 1660. The molecule has 0 radical (unpaired) electrons. The number of rotatable bonds is 10. The summed E-state index contributed by atoms with van der Waals surface area (Å²) < 4.78 is 0. The quantitative estimate of drug-likeness (QED) is 0.195. The van der Waals surface area contributed by atoms with E-state index in [-0.39, 0.29) is 23.7 Å². The lowest BCUT2D eigenvalue weighted by Crippen LogP contribution is -2.53. The van der Waals surface area contributed by atoms with E-state index in [2.05, 4.69) is 84.4 Å². The number of aromatic amines is 1. The molecule has 3 aliphatic rings. The number of likely N-dealkylation sites (tertiary alicyclic amines) is 1. The fraction of sp³-hybridized carbons (Fsp3) is 0.514. The molecule has 1 saturated carbocycles. The van der Waals surface area contributed by atoms with Crippen molar-refractivity contribution >= 4 is 44.6 Å². The zero-order valence-electron chi connectivity index (χ0n) is 26.3. The summed E-state index contributed by atoms with van der Waals surface area (Å²) in [6.45, 7) is 14.6. The number of Topliss-reactive ketones (excluding diaryl/α,β-unsaturated/α-hetero) is 1. The van der Waals surface area contributed by atoms with E-state index < -0.39 is 5.41 Å². The van der Waals surface area contributed by atoms with Crippen molar-refractivity contribution < 1.29 is 9.59 Å². The SMILES string of the molecule is Cc1cc(C)cc(-c2[nH]c3sc(C(C)(C)C(=O)C4C5CCC4NC5)cc3c2[C@H](C)CNC(=O)C2CN(Cc3nccs3)C2)c1. The number of ketones is 1. The van der Waals surface area contributed by atoms with Gasteiger partial charge in [0.1, 0.15) is 15.6 Å². The molecule has 3 aromatic heterocycles. The van der Waals surface area contributed by atoms with Gasteiger partial charge in [0.25, 0.3) is 0 Å². The third kappa shape index (κ3) is 5.36. The zero-order valence-corrected chi connectivity index (χ0v) is 28.0. The van der Waals surface area contributed by atoms with Gasteiger partial charge in [-0.2, -0.15) is 0 Å². The molecule has 2 aliphatic heterocycles. The van der Waals surface area contributed by atoms with Crippen LogP contribution in [0.5, 0.6) is 0 Å². The number of carbonyl (C=O) groups excluding carboxylic acids is 2. The largest absolute Gasteiger partial charge is 0.355 e. The lowest BCUT2D eigenvalue weighted by molar-refractivity contribution is -0.130. The van der Waals surface area contributed by atoms with Crippen LogP contribution in [0.15, 0.2) is 35.8 Å². The molecule has 0 spiro atoms.